The number of carboxylic acids is 1. The molecule has 15 heteroatoms. The van der Waals surface area contributed by atoms with Crippen LogP contribution >= 0.6 is 0 Å². The largest absolute Gasteiger partial charge is 0.489 e. The number of benzene rings is 3. The second kappa shape index (κ2) is 13.8. The average molecular weight is 657 g/mol. The smallest absolute Gasteiger partial charge is 0.416 e. The molecule has 2 N–H and O–H groups in total. The van der Waals surface area contributed by atoms with Gasteiger partial charge in [0.2, 0.25) is 0 Å². The molecule has 2 atom stereocenters. The number of hydrogen-bond donors (Lipinski definition) is 2. The summed E-state index contributed by atoms with van der Waals surface area (Å²) in [6.07, 6.45) is -4.82. The van der Waals surface area contributed by atoms with Crippen molar-refractivity contribution in [3.63, 3.8) is 0 Å². The fraction of sp³-hybridized carbons (Fsp3) is 0.333. The van der Waals surface area contributed by atoms with Crippen LogP contribution < -0.4 is 15.0 Å². The third-order valence-corrected chi connectivity index (χ3v) is 8.96. The van der Waals surface area contributed by atoms with Crippen molar-refractivity contribution < 1.29 is 54.5 Å². The topological polar surface area (TPSA) is 122 Å². The molecule has 1 amide bonds. The van der Waals surface area contributed by atoms with Crippen LogP contribution in [0, 0.1) is 0 Å². The number of sulfone groups is 1. The van der Waals surface area contributed by atoms with E-state index in [1.807, 2.05) is 0 Å². The van der Waals surface area contributed by atoms with Gasteiger partial charge in [0, 0.05) is 24.2 Å². The second-order valence-electron chi connectivity index (χ2n) is 10.2. The number of ether oxygens (including phenoxy) is 2. The van der Waals surface area contributed by atoms with Crippen molar-refractivity contribution in [1.82, 2.24) is 5.32 Å². The van der Waals surface area contributed by atoms with E-state index < -0.39 is 52.2 Å². The summed E-state index contributed by atoms with van der Waals surface area (Å²) in [5.74, 6) is -1.93. The van der Waals surface area contributed by atoms with Gasteiger partial charge in [-0.15, -0.1) is 0 Å². The summed E-state index contributed by atoms with van der Waals surface area (Å²) in [4.78, 5) is 26.2. The third kappa shape index (κ3) is 8.48. The molecule has 242 valence electrons. The van der Waals surface area contributed by atoms with E-state index in [0.29, 0.717) is 5.69 Å². The van der Waals surface area contributed by atoms with E-state index in [0.717, 1.165) is 18.2 Å². The first-order chi connectivity index (χ1) is 21.2. The lowest BCUT2D eigenvalue weighted by molar-refractivity contribution is -0.137. The van der Waals surface area contributed by atoms with Crippen molar-refractivity contribution in [2.45, 2.75) is 49.7 Å². The number of halogens is 5. The number of alkyl halides is 5. The van der Waals surface area contributed by atoms with E-state index in [4.69, 9.17) is 4.74 Å². The van der Waals surface area contributed by atoms with Crippen LogP contribution in [-0.2, 0) is 27.3 Å². The summed E-state index contributed by atoms with van der Waals surface area (Å²) in [6, 6.07) is 13.4. The van der Waals surface area contributed by atoms with Gasteiger partial charge in [-0.3, -0.25) is 4.79 Å². The molecule has 1 aliphatic heterocycles. The molecule has 0 aromatic heterocycles. The van der Waals surface area contributed by atoms with Crippen LogP contribution in [0.3, 0.4) is 0 Å². The van der Waals surface area contributed by atoms with Crippen LogP contribution in [0.15, 0.2) is 71.6 Å². The van der Waals surface area contributed by atoms with Crippen LogP contribution in [0.2, 0.25) is 0 Å². The third-order valence-electron chi connectivity index (χ3n) is 7.23. The standard InChI is InChI=1S/C30H29F5N2O7S/c1-2-45(41,42)25-12-5-19(26(14-25)28(39)40)15-36-27(38)18-3-8-21(9-4-18)37-16-24(13-22(37)17-43-29(31)32)44-23-10-6-20(7-11-23)30(33,34)35/h3-12,14,22,24,29H,2,13,15-17H2,1H3,(H,36,38)(H,39,40)/t22-,24-/m0/s1. The van der Waals surface area contributed by atoms with Gasteiger partial charge >= 0.3 is 18.8 Å². The zero-order valence-corrected chi connectivity index (χ0v) is 24.6. The molecule has 1 heterocycles. The zero-order valence-electron chi connectivity index (χ0n) is 23.8. The van der Waals surface area contributed by atoms with Gasteiger partial charge in [-0.1, -0.05) is 13.0 Å². The van der Waals surface area contributed by atoms with E-state index in [-0.39, 0.29) is 59.2 Å². The number of anilines is 1. The van der Waals surface area contributed by atoms with E-state index in [1.54, 1.807) is 17.0 Å². The van der Waals surface area contributed by atoms with Gasteiger partial charge in [-0.25, -0.2) is 13.2 Å². The molecule has 0 spiro atoms. The van der Waals surface area contributed by atoms with Crippen molar-refractivity contribution in [2.75, 3.05) is 23.8 Å². The van der Waals surface area contributed by atoms with Crippen LogP contribution in [0.5, 0.6) is 5.75 Å². The first kappa shape index (κ1) is 33.6. The van der Waals surface area contributed by atoms with E-state index >= 15 is 0 Å². The van der Waals surface area contributed by atoms with Crippen LogP contribution in [0.1, 0.15) is 45.2 Å². The molecule has 1 fully saturated rings. The molecule has 0 radical (unpaired) electrons. The van der Waals surface area contributed by atoms with E-state index in [2.05, 4.69) is 10.1 Å². The molecule has 1 aliphatic rings. The number of amides is 1. The second-order valence-corrected chi connectivity index (χ2v) is 12.4. The Balaban J connectivity index is 1.44. The Labute approximate surface area is 255 Å². The van der Waals surface area contributed by atoms with Crippen LogP contribution in [0.4, 0.5) is 27.6 Å². The van der Waals surface area contributed by atoms with E-state index in [9.17, 15) is 45.1 Å². The van der Waals surface area contributed by atoms with Gasteiger partial charge in [0.1, 0.15) is 11.9 Å². The molecule has 1 saturated heterocycles. The SMILES string of the molecule is CCS(=O)(=O)c1ccc(CNC(=O)c2ccc(N3C[C@@H](Oc4ccc(C(F)(F)F)cc4)C[C@H]3COC(F)F)cc2)c(C(=O)O)c1. The Morgan fingerprint density at radius 1 is 1.04 bits per heavy atom. The summed E-state index contributed by atoms with van der Waals surface area (Å²) < 4.78 is 98.9. The van der Waals surface area contributed by atoms with Crippen LogP contribution in [0.25, 0.3) is 0 Å². The molecule has 0 bridgehead atoms. The van der Waals surface area contributed by atoms with Crippen molar-refractivity contribution >= 4 is 27.4 Å². The maximum atomic E-state index is 12.9. The van der Waals surface area contributed by atoms with Gasteiger partial charge in [-0.05, 0) is 66.2 Å². The summed E-state index contributed by atoms with van der Waals surface area (Å²) >= 11 is 0. The molecule has 45 heavy (non-hydrogen) atoms. The Hall–Kier alpha value is -4.24. The molecule has 9 nitrogen and oxygen atoms in total. The monoisotopic (exact) mass is 656 g/mol. The summed E-state index contributed by atoms with van der Waals surface area (Å²) in [5.41, 5.74) is -0.149. The Morgan fingerprint density at radius 2 is 1.71 bits per heavy atom. The van der Waals surface area contributed by atoms with Crippen molar-refractivity contribution in [3.05, 3.63) is 89.0 Å². The van der Waals surface area contributed by atoms with Crippen LogP contribution in [-0.4, -0.2) is 63.1 Å². The summed E-state index contributed by atoms with van der Waals surface area (Å²) in [5, 5.41) is 12.2. The molecular weight excluding hydrogens is 627 g/mol. The average Bonchev–Trinajstić information content (AvgIpc) is 3.40. The number of rotatable bonds is 12. The first-order valence-corrected chi connectivity index (χ1v) is 15.3. The Bertz CT molecular complexity index is 1620. The quantitative estimate of drug-likeness (QED) is 0.249. The molecule has 0 unspecified atom stereocenters. The molecular formula is C30H29F5N2O7S. The molecule has 0 aliphatic carbocycles. The number of nitrogens with one attached hydrogen (secondary N) is 1. The predicted octanol–water partition coefficient (Wildman–Crippen LogP) is 5.39. The highest BCUT2D eigenvalue weighted by Gasteiger charge is 2.35. The molecule has 3 aromatic rings. The number of carboxylic acid groups (broad SMARTS) is 1. The fourth-order valence-electron chi connectivity index (χ4n) is 4.88. The number of nitrogens with zero attached hydrogens (tertiary/aromatic N) is 1. The van der Waals surface area contributed by atoms with Crippen molar-refractivity contribution in [3.8, 4) is 5.75 Å². The van der Waals surface area contributed by atoms with Gasteiger partial charge in [-0.2, -0.15) is 22.0 Å². The van der Waals surface area contributed by atoms with Gasteiger partial charge < -0.3 is 24.8 Å². The van der Waals surface area contributed by atoms with Gasteiger partial charge in [0.05, 0.1) is 41.0 Å². The molecule has 0 saturated carbocycles. The fourth-order valence-corrected chi connectivity index (χ4v) is 5.79. The van der Waals surface area contributed by atoms with Crippen molar-refractivity contribution in [1.29, 1.82) is 0 Å². The minimum atomic E-state index is -4.50. The maximum absolute atomic E-state index is 12.9. The maximum Gasteiger partial charge on any atom is 0.416 e. The number of carbonyl (C=O) groups is 2. The number of aromatic carboxylic acids is 1. The van der Waals surface area contributed by atoms with Gasteiger partial charge in [0.25, 0.3) is 5.91 Å². The lowest BCUT2D eigenvalue weighted by Gasteiger charge is -2.26. The van der Waals surface area contributed by atoms with E-state index in [1.165, 1.54) is 43.3 Å². The Morgan fingerprint density at radius 3 is 2.29 bits per heavy atom. The normalized spacial score (nSPS) is 17.0. The highest BCUT2D eigenvalue weighted by Crippen LogP contribution is 2.32. The number of hydrogen-bond acceptors (Lipinski definition) is 7. The molecule has 4 rings (SSSR count). The lowest BCUT2D eigenvalue weighted by Crippen LogP contribution is -2.34. The minimum absolute atomic E-state index is 0.140. The predicted molar refractivity (Wildman–Crippen MR) is 152 cm³/mol. The lowest BCUT2D eigenvalue weighted by atomic mass is 10.1. The minimum Gasteiger partial charge on any atom is -0.489 e. The highest BCUT2D eigenvalue weighted by atomic mass is 32.2. The molecule has 3 aromatic carbocycles. The van der Waals surface area contributed by atoms with Crippen molar-refractivity contribution in [2.24, 2.45) is 0 Å². The number of carbonyl (C=O) groups excluding carboxylic acids is 1. The summed E-state index contributed by atoms with van der Waals surface area (Å²) in [6.45, 7) is -1.92. The zero-order chi connectivity index (χ0) is 32.9. The van der Waals surface area contributed by atoms with Gasteiger partial charge in [0.15, 0.2) is 9.84 Å². The Kier molecular flexibility index (Phi) is 10.3. The first-order valence-electron chi connectivity index (χ1n) is 13.7. The highest BCUT2D eigenvalue weighted by molar-refractivity contribution is 7.91. The summed E-state index contributed by atoms with van der Waals surface area (Å²) in [7, 11) is -3.64.